The Labute approximate surface area is 128 Å². The summed E-state index contributed by atoms with van der Waals surface area (Å²) in [5.41, 5.74) is 3.07. The predicted molar refractivity (Wildman–Crippen MR) is 84.6 cm³/mol. The molecular weight excluding hydrogens is 310 g/mol. The summed E-state index contributed by atoms with van der Waals surface area (Å²) >= 11 is 0. The van der Waals surface area contributed by atoms with E-state index >= 15 is 0 Å². The third-order valence-electron chi connectivity index (χ3n) is 3.90. The zero-order valence-corrected chi connectivity index (χ0v) is 14.4. The van der Waals surface area contributed by atoms with Crippen molar-refractivity contribution in [1.29, 1.82) is 0 Å². The van der Waals surface area contributed by atoms with Crippen LogP contribution in [0.5, 0.6) is 0 Å². The fraction of sp³-hybridized carbons (Fsp3) is 0.769. The molecule has 0 aromatic carbocycles. The molecule has 0 radical (unpaired) electrons. The first-order valence-corrected chi connectivity index (χ1v) is 10.6. The Hall–Kier alpha value is -0.730. The smallest absolute Gasteiger partial charge is 0.152 e. The highest BCUT2D eigenvalue weighted by atomic mass is 32.2. The van der Waals surface area contributed by atoms with E-state index in [0.29, 0.717) is 25.3 Å². The number of hydrogen-bond acceptors (Lipinski definition) is 5. The van der Waals surface area contributed by atoms with Crippen LogP contribution in [0.4, 0.5) is 0 Å². The molecule has 21 heavy (non-hydrogen) atoms. The van der Waals surface area contributed by atoms with Crippen molar-refractivity contribution in [2.24, 2.45) is 0 Å². The zero-order valence-electron chi connectivity index (χ0n) is 12.8. The second-order valence-electron chi connectivity index (χ2n) is 5.60. The van der Waals surface area contributed by atoms with Crippen molar-refractivity contribution in [2.75, 3.05) is 30.1 Å². The molecule has 1 aliphatic rings. The SMILES string of the molecule is Cc1nn(C2CCS(=O)(=O)C2)c(C)c1CNCCS(C)=O. The van der Waals surface area contributed by atoms with Crippen LogP contribution in [-0.2, 0) is 27.2 Å². The molecule has 2 unspecified atom stereocenters. The second kappa shape index (κ2) is 6.58. The van der Waals surface area contributed by atoms with Crippen LogP contribution in [0.3, 0.4) is 0 Å². The molecule has 0 spiro atoms. The molecule has 1 N–H and O–H groups in total. The molecule has 0 bridgehead atoms. The van der Waals surface area contributed by atoms with Crippen LogP contribution in [0.2, 0.25) is 0 Å². The van der Waals surface area contributed by atoms with Gasteiger partial charge in [-0.2, -0.15) is 5.10 Å². The summed E-state index contributed by atoms with van der Waals surface area (Å²) in [6.07, 6.45) is 2.34. The maximum atomic E-state index is 11.6. The topological polar surface area (TPSA) is 81.1 Å². The largest absolute Gasteiger partial charge is 0.312 e. The van der Waals surface area contributed by atoms with E-state index in [0.717, 1.165) is 17.0 Å². The summed E-state index contributed by atoms with van der Waals surface area (Å²) in [4.78, 5) is 0. The Bertz CT molecular complexity index is 637. The van der Waals surface area contributed by atoms with Crippen molar-refractivity contribution in [2.45, 2.75) is 32.9 Å². The molecular formula is C13H23N3O3S2. The minimum absolute atomic E-state index is 0.0365. The van der Waals surface area contributed by atoms with Crippen LogP contribution in [0.15, 0.2) is 0 Å². The average Bonchev–Trinajstić information content (AvgIpc) is 2.87. The summed E-state index contributed by atoms with van der Waals surface area (Å²) in [5, 5.41) is 7.79. The van der Waals surface area contributed by atoms with E-state index in [1.807, 2.05) is 18.5 Å². The summed E-state index contributed by atoms with van der Waals surface area (Å²) in [6.45, 7) is 5.31. The molecule has 0 aliphatic carbocycles. The lowest BCUT2D eigenvalue weighted by molar-refractivity contribution is 0.485. The van der Waals surface area contributed by atoms with Gasteiger partial charge in [-0.3, -0.25) is 8.89 Å². The monoisotopic (exact) mass is 333 g/mol. The standard InChI is InChI=1S/C13H23N3O3S2/c1-10-13(8-14-5-6-20(3)17)11(2)16(15-10)12-4-7-21(18,19)9-12/h12,14H,4-9H2,1-3H3. The molecule has 2 heterocycles. The molecule has 1 aromatic rings. The van der Waals surface area contributed by atoms with Gasteiger partial charge in [-0.1, -0.05) is 0 Å². The molecule has 2 rings (SSSR count). The molecule has 1 aromatic heterocycles. The van der Waals surface area contributed by atoms with Crippen LogP contribution in [-0.4, -0.2) is 52.5 Å². The van der Waals surface area contributed by atoms with E-state index in [2.05, 4.69) is 10.4 Å². The number of nitrogens with one attached hydrogen (secondary N) is 1. The van der Waals surface area contributed by atoms with Crippen LogP contribution >= 0.6 is 0 Å². The maximum absolute atomic E-state index is 11.6. The van der Waals surface area contributed by atoms with Crippen molar-refractivity contribution in [3.05, 3.63) is 17.0 Å². The van der Waals surface area contributed by atoms with Crippen molar-refractivity contribution >= 4 is 20.6 Å². The van der Waals surface area contributed by atoms with E-state index in [9.17, 15) is 12.6 Å². The van der Waals surface area contributed by atoms with Gasteiger partial charge in [0.1, 0.15) is 0 Å². The first-order valence-electron chi connectivity index (χ1n) is 7.06. The minimum atomic E-state index is -2.90. The normalized spacial score (nSPS) is 22.5. The lowest BCUT2D eigenvalue weighted by Crippen LogP contribution is -2.20. The van der Waals surface area contributed by atoms with Crippen LogP contribution in [0, 0.1) is 13.8 Å². The first kappa shape index (κ1) is 16.6. The average molecular weight is 333 g/mol. The van der Waals surface area contributed by atoms with Gasteiger partial charge in [-0.15, -0.1) is 0 Å². The Morgan fingerprint density at radius 1 is 1.43 bits per heavy atom. The van der Waals surface area contributed by atoms with Crippen LogP contribution in [0.1, 0.15) is 29.4 Å². The lowest BCUT2D eigenvalue weighted by atomic mass is 10.2. The Balaban J connectivity index is 2.05. The Morgan fingerprint density at radius 3 is 2.71 bits per heavy atom. The van der Waals surface area contributed by atoms with Crippen LogP contribution in [0.25, 0.3) is 0 Å². The third-order valence-corrected chi connectivity index (χ3v) is 6.43. The van der Waals surface area contributed by atoms with Crippen molar-refractivity contribution < 1.29 is 12.6 Å². The van der Waals surface area contributed by atoms with Gasteiger partial charge >= 0.3 is 0 Å². The minimum Gasteiger partial charge on any atom is -0.312 e. The molecule has 120 valence electrons. The van der Waals surface area contributed by atoms with Crippen molar-refractivity contribution in [1.82, 2.24) is 15.1 Å². The second-order valence-corrected chi connectivity index (χ2v) is 9.39. The molecule has 6 nitrogen and oxygen atoms in total. The van der Waals surface area contributed by atoms with Gasteiger partial charge in [-0.25, -0.2) is 8.42 Å². The third kappa shape index (κ3) is 4.14. The van der Waals surface area contributed by atoms with E-state index in [4.69, 9.17) is 0 Å². The number of aryl methyl sites for hydroxylation is 1. The number of aromatic nitrogens is 2. The maximum Gasteiger partial charge on any atom is 0.152 e. The number of rotatable bonds is 6. The van der Waals surface area contributed by atoms with Gasteiger partial charge in [0.25, 0.3) is 0 Å². The highest BCUT2D eigenvalue weighted by Gasteiger charge is 2.31. The van der Waals surface area contributed by atoms with E-state index < -0.39 is 20.6 Å². The summed E-state index contributed by atoms with van der Waals surface area (Å²) in [7, 11) is -3.69. The summed E-state index contributed by atoms with van der Waals surface area (Å²) in [6, 6.07) is -0.0365. The van der Waals surface area contributed by atoms with E-state index in [1.165, 1.54) is 0 Å². The molecule has 1 aliphatic heterocycles. The van der Waals surface area contributed by atoms with Gasteiger partial charge in [0.2, 0.25) is 0 Å². The number of hydrogen-bond donors (Lipinski definition) is 1. The Morgan fingerprint density at radius 2 is 2.14 bits per heavy atom. The summed E-state index contributed by atoms with van der Waals surface area (Å²) < 4.78 is 36.1. The first-order chi connectivity index (χ1) is 9.80. The van der Waals surface area contributed by atoms with Gasteiger partial charge in [0.05, 0.1) is 23.2 Å². The summed E-state index contributed by atoms with van der Waals surface area (Å²) in [5.74, 6) is 1.08. The molecule has 8 heteroatoms. The zero-order chi connectivity index (χ0) is 15.6. The molecule has 0 amide bonds. The fourth-order valence-electron chi connectivity index (χ4n) is 2.71. The quantitative estimate of drug-likeness (QED) is 0.759. The molecule has 1 fully saturated rings. The van der Waals surface area contributed by atoms with Crippen LogP contribution < -0.4 is 5.32 Å². The molecule has 0 saturated carbocycles. The highest BCUT2D eigenvalue weighted by Crippen LogP contribution is 2.26. The lowest BCUT2D eigenvalue weighted by Gasteiger charge is -2.11. The number of nitrogens with zero attached hydrogens (tertiary/aromatic N) is 2. The number of sulfone groups is 1. The molecule has 1 saturated heterocycles. The van der Waals surface area contributed by atoms with Gasteiger partial charge in [-0.05, 0) is 20.3 Å². The van der Waals surface area contributed by atoms with Gasteiger partial charge in [0, 0.05) is 47.2 Å². The fourth-order valence-corrected chi connectivity index (χ4v) is 4.83. The highest BCUT2D eigenvalue weighted by molar-refractivity contribution is 7.91. The Kier molecular flexibility index (Phi) is 5.21. The predicted octanol–water partition coefficient (Wildman–Crippen LogP) is 0.328. The van der Waals surface area contributed by atoms with Crippen molar-refractivity contribution in [3.63, 3.8) is 0 Å². The van der Waals surface area contributed by atoms with Crippen molar-refractivity contribution in [3.8, 4) is 0 Å². The molecule has 2 atom stereocenters. The van der Waals surface area contributed by atoms with E-state index in [-0.39, 0.29) is 17.5 Å². The van der Waals surface area contributed by atoms with E-state index in [1.54, 1.807) is 6.26 Å². The van der Waals surface area contributed by atoms with Gasteiger partial charge < -0.3 is 5.32 Å². The van der Waals surface area contributed by atoms with Gasteiger partial charge in [0.15, 0.2) is 9.84 Å².